The fourth-order valence-corrected chi connectivity index (χ4v) is 3.09. The molecule has 2 aliphatic rings. The number of amides is 1. The van der Waals surface area contributed by atoms with Crippen molar-refractivity contribution in [1.82, 2.24) is 10.0 Å². The third kappa shape index (κ3) is 2.69. The van der Waals surface area contributed by atoms with Gasteiger partial charge in [-0.3, -0.25) is 9.52 Å². The smallest absolute Gasteiger partial charge is 0.250 e. The summed E-state index contributed by atoms with van der Waals surface area (Å²) >= 11 is 0. The van der Waals surface area contributed by atoms with E-state index in [0.717, 1.165) is 25.8 Å². The van der Waals surface area contributed by atoms with Crippen LogP contribution < -0.4 is 10.0 Å². The highest BCUT2D eigenvalue weighted by Gasteiger charge is 2.38. The minimum Gasteiger partial charge on any atom is -0.306 e. The largest absolute Gasteiger partial charge is 0.306 e. The highest BCUT2D eigenvalue weighted by atomic mass is 32.2. The second kappa shape index (κ2) is 4.09. The van der Waals surface area contributed by atoms with Gasteiger partial charge in [-0.05, 0) is 32.2 Å². The van der Waals surface area contributed by atoms with Crippen LogP contribution in [-0.4, -0.2) is 32.2 Å². The van der Waals surface area contributed by atoms with Crippen LogP contribution in [0, 0.1) is 0 Å². The first-order valence-corrected chi connectivity index (χ1v) is 6.93. The highest BCUT2D eigenvalue weighted by Crippen LogP contribution is 2.27. The summed E-state index contributed by atoms with van der Waals surface area (Å²) in [5, 5.41) is 2.70. The van der Waals surface area contributed by atoms with Crippen molar-refractivity contribution in [3.63, 3.8) is 0 Å². The summed E-state index contributed by atoms with van der Waals surface area (Å²) in [7, 11) is -3.38. The number of hydrogen-bond acceptors (Lipinski definition) is 4. The van der Waals surface area contributed by atoms with E-state index in [1.807, 2.05) is 0 Å². The molecule has 0 radical (unpaired) electrons. The van der Waals surface area contributed by atoms with Crippen LogP contribution in [0.1, 0.15) is 32.1 Å². The van der Waals surface area contributed by atoms with Crippen molar-refractivity contribution >= 4 is 15.9 Å². The molecule has 2 N–H and O–H groups in total. The zero-order chi connectivity index (χ0) is 10.9. The van der Waals surface area contributed by atoms with Gasteiger partial charge in [0.15, 0.2) is 0 Å². The van der Waals surface area contributed by atoms with Crippen LogP contribution in [0.25, 0.3) is 0 Å². The molecule has 0 bridgehead atoms. The van der Waals surface area contributed by atoms with Crippen LogP contribution >= 0.6 is 0 Å². The molecular formula is C9H16N2O3S. The maximum absolute atomic E-state index is 11.6. The zero-order valence-corrected chi connectivity index (χ0v) is 9.35. The van der Waals surface area contributed by atoms with E-state index in [4.69, 9.17) is 0 Å². The summed E-state index contributed by atoms with van der Waals surface area (Å²) in [5.74, 6) is -0.387. The molecule has 0 aromatic heterocycles. The molecule has 1 aliphatic heterocycles. The monoisotopic (exact) mass is 232 g/mol. The second-order valence-electron chi connectivity index (χ2n) is 4.21. The maximum Gasteiger partial charge on any atom is 0.250 e. The third-order valence-corrected chi connectivity index (χ3v) is 4.67. The maximum atomic E-state index is 11.6. The first-order valence-electron chi connectivity index (χ1n) is 5.38. The van der Waals surface area contributed by atoms with E-state index in [9.17, 15) is 13.2 Å². The van der Waals surface area contributed by atoms with E-state index in [-0.39, 0.29) is 17.2 Å². The number of carbonyl (C=O) groups excluding carboxylic acids is 1. The van der Waals surface area contributed by atoms with Gasteiger partial charge in [0.1, 0.15) is 0 Å². The van der Waals surface area contributed by atoms with Gasteiger partial charge in [-0.1, -0.05) is 6.42 Å². The number of rotatable bonds is 3. The van der Waals surface area contributed by atoms with Gasteiger partial charge < -0.3 is 5.32 Å². The van der Waals surface area contributed by atoms with Gasteiger partial charge >= 0.3 is 0 Å². The third-order valence-electron chi connectivity index (χ3n) is 2.83. The summed E-state index contributed by atoms with van der Waals surface area (Å²) in [4.78, 5) is 11.6. The first kappa shape index (κ1) is 10.9. The van der Waals surface area contributed by atoms with Gasteiger partial charge in [-0.25, -0.2) is 8.42 Å². The molecule has 2 rings (SSSR count). The summed E-state index contributed by atoms with van der Waals surface area (Å²) in [5.41, 5.74) is 0. The lowest BCUT2D eigenvalue weighted by Gasteiger charge is -2.22. The second-order valence-corrected chi connectivity index (χ2v) is 6.17. The fourth-order valence-electron chi connectivity index (χ4n) is 1.75. The topological polar surface area (TPSA) is 75.3 Å². The van der Waals surface area contributed by atoms with Crippen molar-refractivity contribution in [2.75, 3.05) is 6.54 Å². The van der Waals surface area contributed by atoms with E-state index in [2.05, 4.69) is 10.0 Å². The number of nitrogens with one attached hydrogen (secondary N) is 2. The molecule has 86 valence electrons. The van der Waals surface area contributed by atoms with Crippen LogP contribution in [0.2, 0.25) is 0 Å². The molecule has 1 aliphatic carbocycles. The predicted molar refractivity (Wildman–Crippen MR) is 55.7 cm³/mol. The lowest BCUT2D eigenvalue weighted by molar-refractivity contribution is -0.121. The summed E-state index contributed by atoms with van der Waals surface area (Å²) < 4.78 is 25.1. The van der Waals surface area contributed by atoms with E-state index < -0.39 is 10.0 Å². The predicted octanol–water partition coefficient (Wildman–Crippen LogP) is -0.263. The Bertz CT molecular complexity index is 342. The number of piperidine rings is 1. The quantitative estimate of drug-likeness (QED) is 0.703. The first-order chi connectivity index (χ1) is 7.09. The summed E-state index contributed by atoms with van der Waals surface area (Å²) in [6.07, 6.45) is 4.13. The molecule has 1 amide bonds. The van der Waals surface area contributed by atoms with E-state index in [1.165, 1.54) is 0 Å². The normalized spacial score (nSPS) is 27.3. The molecule has 15 heavy (non-hydrogen) atoms. The zero-order valence-electron chi connectivity index (χ0n) is 8.53. The van der Waals surface area contributed by atoms with Crippen LogP contribution in [0.15, 0.2) is 0 Å². The highest BCUT2D eigenvalue weighted by molar-refractivity contribution is 7.90. The van der Waals surface area contributed by atoms with E-state index >= 15 is 0 Å². The molecule has 1 atom stereocenters. The van der Waals surface area contributed by atoms with E-state index in [0.29, 0.717) is 12.8 Å². The van der Waals surface area contributed by atoms with Crippen molar-refractivity contribution in [3.05, 3.63) is 0 Å². The fraction of sp³-hybridized carbons (Fsp3) is 0.889. The van der Waals surface area contributed by atoms with E-state index in [1.54, 1.807) is 0 Å². The Labute approximate surface area is 89.7 Å². The van der Waals surface area contributed by atoms with Crippen LogP contribution in [0.5, 0.6) is 0 Å². The summed E-state index contributed by atoms with van der Waals surface area (Å²) in [6.45, 7) is 0.793. The lowest BCUT2D eigenvalue weighted by atomic mass is 10.1. The van der Waals surface area contributed by atoms with Gasteiger partial charge in [-0.2, -0.15) is 0 Å². The van der Waals surface area contributed by atoms with Crippen molar-refractivity contribution in [2.45, 2.75) is 43.4 Å². The molecule has 0 aromatic carbocycles. The van der Waals surface area contributed by atoms with Crippen molar-refractivity contribution in [3.8, 4) is 0 Å². The Morgan fingerprint density at radius 2 is 1.93 bits per heavy atom. The van der Waals surface area contributed by atoms with Gasteiger partial charge in [0.2, 0.25) is 10.0 Å². The molecule has 0 aromatic rings. The van der Waals surface area contributed by atoms with Crippen LogP contribution in [0.4, 0.5) is 0 Å². The minimum absolute atomic E-state index is 0.327. The van der Waals surface area contributed by atoms with Crippen molar-refractivity contribution < 1.29 is 13.2 Å². The number of hydrogen-bond donors (Lipinski definition) is 2. The molecule has 6 heteroatoms. The van der Waals surface area contributed by atoms with Crippen molar-refractivity contribution in [1.29, 1.82) is 0 Å². The van der Waals surface area contributed by atoms with Gasteiger partial charge in [0, 0.05) is 0 Å². The Balaban J connectivity index is 1.90. The molecule has 1 saturated carbocycles. The molecule has 2 fully saturated rings. The Hall–Kier alpha value is -0.620. The molecule has 0 unspecified atom stereocenters. The van der Waals surface area contributed by atoms with Crippen LogP contribution in [0.3, 0.4) is 0 Å². The summed E-state index contributed by atoms with van der Waals surface area (Å²) in [6, 6.07) is -0.327. The van der Waals surface area contributed by atoms with Crippen molar-refractivity contribution in [2.24, 2.45) is 0 Å². The van der Waals surface area contributed by atoms with Gasteiger partial charge in [-0.15, -0.1) is 0 Å². The number of carbonyl (C=O) groups is 1. The standard InChI is InChI=1S/C9H16N2O3S/c12-9(8-3-1-2-6-10-8)11-15(13,14)7-4-5-7/h7-8,10H,1-6H2,(H,11,12)/t8-/m1/s1. The Morgan fingerprint density at radius 1 is 1.20 bits per heavy atom. The molecular weight excluding hydrogens is 216 g/mol. The lowest BCUT2D eigenvalue weighted by Crippen LogP contribution is -2.48. The average Bonchev–Trinajstić information content (AvgIpc) is 3.01. The Morgan fingerprint density at radius 3 is 2.47 bits per heavy atom. The minimum atomic E-state index is -3.38. The average molecular weight is 232 g/mol. The number of sulfonamides is 1. The molecule has 1 heterocycles. The SMILES string of the molecule is O=C(NS(=O)(=O)C1CC1)[C@H]1CCCCN1. The molecule has 0 spiro atoms. The van der Waals surface area contributed by atoms with Gasteiger partial charge in [0.25, 0.3) is 5.91 Å². The van der Waals surface area contributed by atoms with Crippen LogP contribution in [-0.2, 0) is 14.8 Å². The molecule has 1 saturated heterocycles. The Kier molecular flexibility index (Phi) is 2.97. The molecule has 5 nitrogen and oxygen atoms in total. The van der Waals surface area contributed by atoms with Gasteiger partial charge in [0.05, 0.1) is 11.3 Å².